The molecule has 17 heavy (non-hydrogen) atoms. The summed E-state index contributed by atoms with van der Waals surface area (Å²) >= 11 is 0. The van der Waals surface area contributed by atoms with E-state index in [1.165, 1.54) is 5.56 Å². The summed E-state index contributed by atoms with van der Waals surface area (Å²) in [4.78, 5) is 0. The van der Waals surface area contributed by atoms with Crippen molar-refractivity contribution in [2.24, 2.45) is 5.92 Å². The maximum absolute atomic E-state index is 5.38. The zero-order valence-corrected chi connectivity index (χ0v) is 9.97. The Morgan fingerprint density at radius 1 is 1.29 bits per heavy atom. The van der Waals surface area contributed by atoms with E-state index >= 15 is 0 Å². The van der Waals surface area contributed by atoms with Crippen molar-refractivity contribution in [3.63, 3.8) is 0 Å². The first-order valence-electron chi connectivity index (χ1n) is 5.96. The Bertz CT molecular complexity index is 333. The van der Waals surface area contributed by atoms with Crippen molar-refractivity contribution in [3.05, 3.63) is 48.6 Å². The van der Waals surface area contributed by atoms with E-state index in [2.05, 4.69) is 36.2 Å². The smallest absolute Gasteiger partial charge is 0.146 e. The van der Waals surface area contributed by atoms with Gasteiger partial charge in [0.25, 0.3) is 0 Å². The van der Waals surface area contributed by atoms with Crippen molar-refractivity contribution in [2.75, 3.05) is 26.6 Å². The Morgan fingerprint density at radius 3 is 2.65 bits per heavy atom. The molecule has 1 N–H and O–H groups in total. The highest BCUT2D eigenvalue weighted by molar-refractivity contribution is 5.20. The Balaban J connectivity index is 2.09. The standard InChI is InChI=1S/C14H19NO2/c1-2-8-15-14(12-6-4-3-5-7-12)13-9-16-11-17-10-13/h2-7,13-15H,1,8-11H2. The summed E-state index contributed by atoms with van der Waals surface area (Å²) in [5.41, 5.74) is 1.27. The number of ether oxygens (including phenoxy) is 2. The van der Waals surface area contributed by atoms with Crippen LogP contribution in [0.15, 0.2) is 43.0 Å². The van der Waals surface area contributed by atoms with Gasteiger partial charge >= 0.3 is 0 Å². The molecule has 1 aliphatic heterocycles. The van der Waals surface area contributed by atoms with Gasteiger partial charge in [-0.25, -0.2) is 0 Å². The minimum atomic E-state index is 0.259. The Hall–Kier alpha value is -1.16. The summed E-state index contributed by atoms with van der Waals surface area (Å²) in [6.07, 6.45) is 1.88. The van der Waals surface area contributed by atoms with E-state index in [0.29, 0.717) is 12.7 Å². The van der Waals surface area contributed by atoms with Crippen LogP contribution in [0, 0.1) is 5.92 Å². The molecule has 0 radical (unpaired) electrons. The largest absolute Gasteiger partial charge is 0.355 e. The molecule has 1 atom stereocenters. The number of benzene rings is 1. The normalized spacial score (nSPS) is 18.8. The SMILES string of the molecule is C=CCNC(c1ccccc1)C1COCOC1. The lowest BCUT2D eigenvalue weighted by Crippen LogP contribution is -2.36. The fourth-order valence-corrected chi connectivity index (χ4v) is 2.13. The number of rotatable bonds is 5. The van der Waals surface area contributed by atoms with E-state index in [1.807, 2.05) is 12.1 Å². The molecule has 1 fully saturated rings. The molecule has 1 aliphatic rings. The summed E-state index contributed by atoms with van der Waals surface area (Å²) in [5.74, 6) is 0.353. The maximum atomic E-state index is 5.38. The molecule has 92 valence electrons. The highest BCUT2D eigenvalue weighted by Crippen LogP contribution is 2.24. The first-order chi connectivity index (χ1) is 8.42. The second kappa shape index (κ2) is 6.55. The molecule has 0 aromatic heterocycles. The molecule has 0 spiro atoms. The summed E-state index contributed by atoms with van der Waals surface area (Å²) < 4.78 is 10.8. The molecule has 1 saturated heterocycles. The van der Waals surface area contributed by atoms with Crippen LogP contribution in [0.5, 0.6) is 0 Å². The molecule has 3 heteroatoms. The molecule has 0 bridgehead atoms. The van der Waals surface area contributed by atoms with E-state index in [4.69, 9.17) is 9.47 Å². The van der Waals surface area contributed by atoms with E-state index in [0.717, 1.165) is 19.8 Å². The molecular weight excluding hydrogens is 214 g/mol. The van der Waals surface area contributed by atoms with E-state index in [-0.39, 0.29) is 6.04 Å². The van der Waals surface area contributed by atoms with Gasteiger partial charge in [-0.15, -0.1) is 6.58 Å². The van der Waals surface area contributed by atoms with Gasteiger partial charge in [0, 0.05) is 18.5 Å². The van der Waals surface area contributed by atoms with Crippen LogP contribution in [-0.4, -0.2) is 26.6 Å². The topological polar surface area (TPSA) is 30.5 Å². The van der Waals surface area contributed by atoms with Gasteiger partial charge in [-0.3, -0.25) is 0 Å². The van der Waals surface area contributed by atoms with Crippen LogP contribution in [0.2, 0.25) is 0 Å². The number of nitrogens with one attached hydrogen (secondary N) is 1. The molecule has 1 aromatic carbocycles. The average molecular weight is 233 g/mol. The molecule has 0 aliphatic carbocycles. The van der Waals surface area contributed by atoms with Crippen LogP contribution >= 0.6 is 0 Å². The molecular formula is C14H19NO2. The lowest BCUT2D eigenvalue weighted by Gasteiger charge is -2.31. The van der Waals surface area contributed by atoms with Gasteiger partial charge in [-0.1, -0.05) is 36.4 Å². The van der Waals surface area contributed by atoms with Gasteiger partial charge < -0.3 is 14.8 Å². The van der Waals surface area contributed by atoms with Crippen molar-refractivity contribution in [2.45, 2.75) is 6.04 Å². The number of hydrogen-bond acceptors (Lipinski definition) is 3. The Kier molecular flexibility index (Phi) is 4.74. The predicted octanol–water partition coefficient (Wildman–Crippen LogP) is 2.12. The van der Waals surface area contributed by atoms with Crippen LogP contribution in [0.3, 0.4) is 0 Å². The van der Waals surface area contributed by atoms with Gasteiger partial charge in [0.15, 0.2) is 0 Å². The van der Waals surface area contributed by atoms with Crippen molar-refractivity contribution in [1.82, 2.24) is 5.32 Å². The van der Waals surface area contributed by atoms with Crippen LogP contribution in [0.4, 0.5) is 0 Å². The third-order valence-corrected chi connectivity index (χ3v) is 2.94. The average Bonchev–Trinajstić information content (AvgIpc) is 2.42. The van der Waals surface area contributed by atoms with E-state index < -0.39 is 0 Å². The zero-order valence-electron chi connectivity index (χ0n) is 9.97. The van der Waals surface area contributed by atoms with Crippen molar-refractivity contribution in [3.8, 4) is 0 Å². The van der Waals surface area contributed by atoms with E-state index in [9.17, 15) is 0 Å². The van der Waals surface area contributed by atoms with Gasteiger partial charge in [-0.05, 0) is 5.56 Å². The highest BCUT2D eigenvalue weighted by Gasteiger charge is 2.25. The molecule has 1 heterocycles. The van der Waals surface area contributed by atoms with Gasteiger partial charge in [0.2, 0.25) is 0 Å². The summed E-state index contributed by atoms with van der Waals surface area (Å²) in [6, 6.07) is 10.7. The fourth-order valence-electron chi connectivity index (χ4n) is 2.13. The molecule has 0 saturated carbocycles. The second-order valence-electron chi connectivity index (χ2n) is 4.20. The molecule has 3 nitrogen and oxygen atoms in total. The van der Waals surface area contributed by atoms with Crippen LogP contribution in [-0.2, 0) is 9.47 Å². The van der Waals surface area contributed by atoms with Crippen LogP contribution in [0.1, 0.15) is 11.6 Å². The predicted molar refractivity (Wildman–Crippen MR) is 67.6 cm³/mol. The third-order valence-electron chi connectivity index (χ3n) is 2.94. The Morgan fingerprint density at radius 2 is 2.00 bits per heavy atom. The first-order valence-corrected chi connectivity index (χ1v) is 5.96. The van der Waals surface area contributed by atoms with Gasteiger partial charge in [-0.2, -0.15) is 0 Å². The molecule has 1 unspecified atom stereocenters. The first kappa shape index (κ1) is 12.3. The summed E-state index contributed by atoms with van der Waals surface area (Å²) in [6.45, 7) is 6.43. The summed E-state index contributed by atoms with van der Waals surface area (Å²) in [5, 5.41) is 3.48. The fraction of sp³-hybridized carbons (Fsp3) is 0.429. The van der Waals surface area contributed by atoms with Gasteiger partial charge in [0.05, 0.1) is 13.2 Å². The number of hydrogen-bond donors (Lipinski definition) is 1. The van der Waals surface area contributed by atoms with Crippen molar-refractivity contribution in [1.29, 1.82) is 0 Å². The quantitative estimate of drug-likeness (QED) is 0.790. The van der Waals surface area contributed by atoms with Gasteiger partial charge in [0.1, 0.15) is 6.79 Å². The lowest BCUT2D eigenvalue weighted by molar-refractivity contribution is -0.132. The van der Waals surface area contributed by atoms with E-state index in [1.54, 1.807) is 0 Å². The monoisotopic (exact) mass is 233 g/mol. The maximum Gasteiger partial charge on any atom is 0.146 e. The third kappa shape index (κ3) is 3.40. The lowest BCUT2D eigenvalue weighted by atomic mass is 9.93. The van der Waals surface area contributed by atoms with Crippen LogP contribution in [0.25, 0.3) is 0 Å². The molecule has 0 amide bonds. The minimum absolute atomic E-state index is 0.259. The Labute approximate surface area is 102 Å². The molecule has 1 aromatic rings. The van der Waals surface area contributed by atoms with Crippen molar-refractivity contribution >= 4 is 0 Å². The zero-order chi connectivity index (χ0) is 11.9. The highest BCUT2D eigenvalue weighted by atomic mass is 16.7. The second-order valence-corrected chi connectivity index (χ2v) is 4.20. The minimum Gasteiger partial charge on any atom is -0.355 e. The van der Waals surface area contributed by atoms with Crippen molar-refractivity contribution < 1.29 is 9.47 Å². The molecule has 2 rings (SSSR count). The van der Waals surface area contributed by atoms with Crippen LogP contribution < -0.4 is 5.32 Å². The summed E-state index contributed by atoms with van der Waals surface area (Å²) in [7, 11) is 0.